The van der Waals surface area contributed by atoms with Crippen molar-refractivity contribution in [1.29, 1.82) is 0 Å². The number of rotatable bonds is 4. The molecule has 4 heterocycles. The molecule has 0 N–H and O–H groups in total. The number of carbonyl (C=O) groups is 1. The van der Waals surface area contributed by atoms with Crippen LogP contribution in [0.5, 0.6) is 11.5 Å². The van der Waals surface area contributed by atoms with Gasteiger partial charge in [-0.05, 0) is 36.1 Å². The fraction of sp³-hybridized carbons (Fsp3) is 0.269. The molecular formula is C26H23N3O4S. The maximum Gasteiger partial charge on any atom is 0.263 e. The molecule has 0 bridgehead atoms. The normalized spacial score (nSPS) is 17.3. The summed E-state index contributed by atoms with van der Waals surface area (Å²) in [5, 5.41) is 2.52. The molecule has 1 amide bonds. The third-order valence-electron chi connectivity index (χ3n) is 6.48. The number of thiophene rings is 1. The van der Waals surface area contributed by atoms with E-state index in [4.69, 9.17) is 9.47 Å². The fourth-order valence-corrected chi connectivity index (χ4v) is 5.73. The number of hydrogen-bond acceptors (Lipinski definition) is 6. The van der Waals surface area contributed by atoms with Crippen LogP contribution in [0.1, 0.15) is 24.4 Å². The number of fused-ring (bicyclic) bond motifs is 2. The van der Waals surface area contributed by atoms with Gasteiger partial charge in [0.1, 0.15) is 24.6 Å². The minimum absolute atomic E-state index is 0.0348. The van der Waals surface area contributed by atoms with Crippen molar-refractivity contribution in [2.45, 2.75) is 25.4 Å². The molecule has 1 unspecified atom stereocenters. The number of aromatic nitrogens is 2. The SMILES string of the molecule is O=C(Cn1cnc2scc(-c3ccccc3)c2c1=O)N1CCCC1c1ccc2c(c1)OCCO2. The second-order valence-corrected chi connectivity index (χ2v) is 9.38. The Hall–Kier alpha value is -3.65. The highest BCUT2D eigenvalue weighted by Gasteiger charge is 2.31. The second kappa shape index (κ2) is 8.61. The van der Waals surface area contributed by atoms with Crippen molar-refractivity contribution >= 4 is 27.5 Å². The molecule has 6 rings (SSSR count). The minimum Gasteiger partial charge on any atom is -0.486 e. The van der Waals surface area contributed by atoms with Gasteiger partial charge in [-0.2, -0.15) is 0 Å². The molecule has 0 radical (unpaired) electrons. The van der Waals surface area contributed by atoms with E-state index in [1.54, 1.807) is 0 Å². The van der Waals surface area contributed by atoms with E-state index in [0.29, 0.717) is 30.0 Å². The van der Waals surface area contributed by atoms with Crippen LogP contribution >= 0.6 is 11.3 Å². The first kappa shape index (κ1) is 20.9. The Morgan fingerprint density at radius 2 is 1.91 bits per heavy atom. The molecule has 0 aliphatic carbocycles. The van der Waals surface area contributed by atoms with Gasteiger partial charge in [0.15, 0.2) is 11.5 Å². The maximum atomic E-state index is 13.4. The Labute approximate surface area is 200 Å². The van der Waals surface area contributed by atoms with Crippen LogP contribution in [-0.4, -0.2) is 40.1 Å². The van der Waals surface area contributed by atoms with Crippen LogP contribution in [0, 0.1) is 0 Å². The Bertz CT molecular complexity index is 1430. The van der Waals surface area contributed by atoms with E-state index in [-0.39, 0.29) is 24.1 Å². The largest absolute Gasteiger partial charge is 0.486 e. The number of likely N-dealkylation sites (tertiary alicyclic amines) is 1. The highest BCUT2D eigenvalue weighted by molar-refractivity contribution is 7.17. The van der Waals surface area contributed by atoms with Crippen LogP contribution in [0.4, 0.5) is 0 Å². The minimum atomic E-state index is -0.187. The molecule has 2 aromatic carbocycles. The van der Waals surface area contributed by atoms with E-state index < -0.39 is 0 Å². The molecule has 2 aromatic heterocycles. The van der Waals surface area contributed by atoms with Crippen molar-refractivity contribution in [1.82, 2.24) is 14.5 Å². The zero-order chi connectivity index (χ0) is 23.1. The van der Waals surface area contributed by atoms with Crippen LogP contribution in [0.15, 0.2) is 65.0 Å². The highest BCUT2D eigenvalue weighted by Crippen LogP contribution is 2.38. The van der Waals surface area contributed by atoms with Gasteiger partial charge in [-0.3, -0.25) is 14.2 Å². The zero-order valence-corrected chi connectivity index (χ0v) is 19.3. The summed E-state index contributed by atoms with van der Waals surface area (Å²) in [6, 6.07) is 15.6. The molecule has 8 heteroatoms. The summed E-state index contributed by atoms with van der Waals surface area (Å²) < 4.78 is 12.8. The lowest BCUT2D eigenvalue weighted by Gasteiger charge is -2.27. The van der Waals surface area contributed by atoms with E-state index in [2.05, 4.69) is 4.98 Å². The summed E-state index contributed by atoms with van der Waals surface area (Å²) in [4.78, 5) is 33.8. The van der Waals surface area contributed by atoms with Crippen LogP contribution in [0.2, 0.25) is 0 Å². The van der Waals surface area contributed by atoms with Crippen LogP contribution < -0.4 is 15.0 Å². The average Bonchev–Trinajstić information content (AvgIpc) is 3.54. The molecule has 0 spiro atoms. The van der Waals surface area contributed by atoms with Gasteiger partial charge in [-0.25, -0.2) is 4.98 Å². The summed E-state index contributed by atoms with van der Waals surface area (Å²) in [5.41, 5.74) is 2.67. The van der Waals surface area contributed by atoms with Crippen molar-refractivity contribution < 1.29 is 14.3 Å². The maximum absolute atomic E-state index is 13.4. The topological polar surface area (TPSA) is 73.7 Å². The number of hydrogen-bond donors (Lipinski definition) is 0. The van der Waals surface area contributed by atoms with E-state index in [9.17, 15) is 9.59 Å². The molecular weight excluding hydrogens is 450 g/mol. The van der Waals surface area contributed by atoms with Crippen LogP contribution in [-0.2, 0) is 11.3 Å². The smallest absolute Gasteiger partial charge is 0.263 e. The number of amides is 1. The summed E-state index contributed by atoms with van der Waals surface area (Å²) >= 11 is 1.44. The molecule has 1 fully saturated rings. The molecule has 2 aliphatic rings. The number of nitrogens with zero attached hydrogens (tertiary/aromatic N) is 3. The molecule has 7 nitrogen and oxygen atoms in total. The van der Waals surface area contributed by atoms with Crippen molar-refractivity contribution in [3.8, 4) is 22.6 Å². The Morgan fingerprint density at radius 1 is 1.09 bits per heavy atom. The van der Waals surface area contributed by atoms with Crippen molar-refractivity contribution in [3.63, 3.8) is 0 Å². The van der Waals surface area contributed by atoms with E-state index in [1.807, 2.05) is 58.8 Å². The summed E-state index contributed by atoms with van der Waals surface area (Å²) in [6.07, 6.45) is 3.28. The molecule has 0 saturated carbocycles. The van der Waals surface area contributed by atoms with Gasteiger partial charge in [0.2, 0.25) is 5.91 Å². The predicted molar refractivity (Wildman–Crippen MR) is 130 cm³/mol. The van der Waals surface area contributed by atoms with Gasteiger partial charge in [0, 0.05) is 17.5 Å². The molecule has 1 saturated heterocycles. The van der Waals surface area contributed by atoms with E-state index in [0.717, 1.165) is 41.0 Å². The van der Waals surface area contributed by atoms with Gasteiger partial charge < -0.3 is 14.4 Å². The van der Waals surface area contributed by atoms with Crippen LogP contribution in [0.3, 0.4) is 0 Å². The Kier molecular flexibility index (Phi) is 5.30. The van der Waals surface area contributed by atoms with Gasteiger partial charge in [0.25, 0.3) is 5.56 Å². The van der Waals surface area contributed by atoms with Crippen LogP contribution in [0.25, 0.3) is 21.3 Å². The lowest BCUT2D eigenvalue weighted by molar-refractivity contribution is -0.132. The molecule has 2 aliphatic heterocycles. The quantitative estimate of drug-likeness (QED) is 0.443. The third-order valence-corrected chi connectivity index (χ3v) is 7.36. The zero-order valence-electron chi connectivity index (χ0n) is 18.5. The highest BCUT2D eigenvalue weighted by atomic mass is 32.1. The lowest BCUT2D eigenvalue weighted by Crippen LogP contribution is -2.36. The number of benzene rings is 2. The standard InChI is InChI=1S/C26H23N3O4S/c30-23(29-10-4-7-20(29)18-8-9-21-22(13-18)33-12-11-32-21)14-28-16-27-25-24(26(28)31)19(15-34-25)17-5-2-1-3-6-17/h1-3,5-6,8-9,13,15-16,20H,4,7,10-12,14H2. The first-order chi connectivity index (χ1) is 16.7. The monoisotopic (exact) mass is 473 g/mol. The summed E-state index contributed by atoms with van der Waals surface area (Å²) in [7, 11) is 0. The van der Waals surface area contributed by atoms with Gasteiger partial charge in [-0.15, -0.1) is 11.3 Å². The second-order valence-electron chi connectivity index (χ2n) is 8.52. The average molecular weight is 474 g/mol. The fourth-order valence-electron chi connectivity index (χ4n) is 4.83. The molecule has 4 aromatic rings. The summed E-state index contributed by atoms with van der Waals surface area (Å²) in [5.74, 6) is 1.37. The van der Waals surface area contributed by atoms with E-state index in [1.165, 1.54) is 22.2 Å². The van der Waals surface area contributed by atoms with Crippen molar-refractivity contribution in [3.05, 3.63) is 76.2 Å². The lowest BCUT2D eigenvalue weighted by atomic mass is 10.0. The summed E-state index contributed by atoms with van der Waals surface area (Å²) in [6.45, 7) is 1.70. The molecule has 34 heavy (non-hydrogen) atoms. The number of ether oxygens (including phenoxy) is 2. The van der Waals surface area contributed by atoms with Gasteiger partial charge >= 0.3 is 0 Å². The van der Waals surface area contributed by atoms with Crippen molar-refractivity contribution in [2.75, 3.05) is 19.8 Å². The van der Waals surface area contributed by atoms with Gasteiger partial charge in [-0.1, -0.05) is 36.4 Å². The Morgan fingerprint density at radius 3 is 2.76 bits per heavy atom. The first-order valence-electron chi connectivity index (χ1n) is 11.4. The van der Waals surface area contributed by atoms with Crippen molar-refractivity contribution in [2.24, 2.45) is 0 Å². The third kappa shape index (κ3) is 3.64. The van der Waals surface area contributed by atoms with Gasteiger partial charge in [0.05, 0.1) is 17.8 Å². The Balaban J connectivity index is 1.28. The first-order valence-corrected chi connectivity index (χ1v) is 12.3. The predicted octanol–water partition coefficient (Wildman–Crippen LogP) is 4.26. The number of carbonyl (C=O) groups excluding carboxylic acids is 1. The molecule has 1 atom stereocenters. The van der Waals surface area contributed by atoms with E-state index >= 15 is 0 Å². The molecule has 172 valence electrons.